The number of aromatic nitrogens is 12. The Labute approximate surface area is 768 Å². The zero-order valence-corrected chi connectivity index (χ0v) is 77.5. The quantitative estimate of drug-likeness (QED) is 0.0434. The van der Waals surface area contributed by atoms with E-state index in [0.29, 0.717) is 41.0 Å². The molecule has 12 heterocycles. The van der Waals surface area contributed by atoms with Gasteiger partial charge in [-0.15, -0.1) is 0 Å². The predicted octanol–water partition coefficient (Wildman–Crippen LogP) is 10.9. The van der Waals surface area contributed by atoms with E-state index < -0.39 is 0 Å². The molecule has 126 heavy (non-hydrogen) atoms. The Morgan fingerprint density at radius 1 is 0.333 bits per heavy atom. The lowest BCUT2D eigenvalue weighted by molar-refractivity contribution is -0.122. The minimum absolute atomic E-state index is 0.00694. The van der Waals surface area contributed by atoms with Crippen LogP contribution >= 0.6 is 81.2 Å². The first-order valence-electron chi connectivity index (χ1n) is 42.7. The smallest absolute Gasteiger partial charge is 0.287 e. The summed E-state index contributed by atoms with van der Waals surface area (Å²) in [6.07, 6.45) is 28.6. The summed E-state index contributed by atoms with van der Waals surface area (Å²) in [6, 6.07) is 32.1. The second-order valence-corrected chi connectivity index (χ2v) is 34.5. The zero-order valence-electron chi connectivity index (χ0n) is 72.2. The Bertz CT molecular complexity index is 5020. The van der Waals surface area contributed by atoms with Crippen molar-refractivity contribution in [3.8, 4) is 0 Å². The maximum Gasteiger partial charge on any atom is 0.287 e. The third-order valence-electron chi connectivity index (χ3n) is 21.9. The lowest BCUT2D eigenvalue weighted by Crippen LogP contribution is -2.38. The van der Waals surface area contributed by atoms with Crippen LogP contribution in [-0.4, -0.2) is 187 Å². The van der Waals surface area contributed by atoms with Gasteiger partial charge in [0.05, 0.1) is 76.7 Å². The highest BCUT2D eigenvalue weighted by atomic mass is 35.5. The van der Waals surface area contributed by atoms with Crippen molar-refractivity contribution in [2.24, 2.45) is 48.0 Å². The normalized spacial score (nSPS) is 19.4. The van der Waals surface area contributed by atoms with E-state index >= 15 is 0 Å². The maximum atomic E-state index is 11.9. The number of hydrogen-bond donors (Lipinski definition) is 9. The highest BCUT2D eigenvalue weighted by Gasteiger charge is 2.27. The monoisotopic (exact) mass is 1870 g/mol. The number of rotatable bonds is 16. The first-order valence-corrected chi connectivity index (χ1v) is 45.3. The Hall–Kier alpha value is -9.29. The van der Waals surface area contributed by atoms with Crippen molar-refractivity contribution in [1.82, 2.24) is 89.3 Å². The second-order valence-electron chi connectivity index (χ2n) is 31.8. The molecule has 15 rings (SSSR count). The first-order chi connectivity index (χ1) is 60.6. The lowest BCUT2D eigenvalue weighted by Gasteiger charge is -2.26. The topological polar surface area (TPSA) is 375 Å². The van der Waals surface area contributed by atoms with Crippen LogP contribution in [0.1, 0.15) is 132 Å². The largest absolute Gasteiger partial charge is 0.378 e. The van der Waals surface area contributed by atoms with Gasteiger partial charge in [0, 0.05) is 125 Å². The fourth-order valence-electron chi connectivity index (χ4n) is 14.8. The third kappa shape index (κ3) is 32.2. The molecule has 3 aromatic carbocycles. The van der Waals surface area contributed by atoms with Crippen LogP contribution in [0, 0.1) is 0 Å². The highest BCUT2D eigenvalue weighted by molar-refractivity contribution is 6.41. The van der Waals surface area contributed by atoms with Gasteiger partial charge in [-0.25, -0.2) is 28.1 Å². The van der Waals surface area contributed by atoms with Crippen molar-refractivity contribution >= 4 is 121 Å². The summed E-state index contributed by atoms with van der Waals surface area (Å²) in [5.74, 6) is -0.0586. The van der Waals surface area contributed by atoms with Crippen LogP contribution in [0.15, 0.2) is 157 Å². The van der Waals surface area contributed by atoms with Gasteiger partial charge in [-0.05, 0) is 133 Å². The molecule has 6 saturated heterocycles. The van der Waals surface area contributed by atoms with Crippen LogP contribution < -0.4 is 81.6 Å². The summed E-state index contributed by atoms with van der Waals surface area (Å²) in [7, 11) is 9.42. The van der Waals surface area contributed by atoms with E-state index in [2.05, 4.69) is 161 Å². The second kappa shape index (κ2) is 52.2. The number of likely N-dealkylation sites (tertiary alicyclic amines) is 3. The van der Waals surface area contributed by atoms with E-state index in [1.54, 1.807) is 53.0 Å². The van der Waals surface area contributed by atoms with Crippen LogP contribution in [0.2, 0.25) is 35.2 Å². The van der Waals surface area contributed by atoms with Crippen molar-refractivity contribution in [2.45, 2.75) is 171 Å². The van der Waals surface area contributed by atoms with Crippen molar-refractivity contribution in [2.75, 3.05) is 92.0 Å². The molecule has 2 amide bonds. The summed E-state index contributed by atoms with van der Waals surface area (Å²) in [5, 5.41) is 50.2. The number of nitrogens with one attached hydrogen (secondary N) is 8. The van der Waals surface area contributed by atoms with Crippen molar-refractivity contribution in [3.05, 3.63) is 242 Å². The molecule has 6 atom stereocenters. The number of nitrogens with zero attached hydrogens (tertiary/aromatic N) is 15. The number of halogens is 7. The number of carbonyl (C=O) groups excluding carboxylic acids is 2. The number of anilines is 5. The molecule has 0 radical (unpaired) electrons. The molecule has 0 saturated carbocycles. The summed E-state index contributed by atoms with van der Waals surface area (Å²) >= 11 is 41.4. The van der Waals surface area contributed by atoms with Crippen LogP contribution in [0.3, 0.4) is 0 Å². The molecule has 4 unspecified atom stereocenters. The minimum Gasteiger partial charge on any atom is -0.378 e. The van der Waals surface area contributed by atoms with E-state index in [1.165, 1.54) is 113 Å². The molecule has 6 aliphatic heterocycles. The molecule has 32 nitrogen and oxygen atoms in total. The number of carbonyl (C=O) groups is 2. The van der Waals surface area contributed by atoms with Crippen LogP contribution in [-0.2, 0) is 71.5 Å². The number of benzene rings is 3. The van der Waals surface area contributed by atoms with E-state index in [1.807, 2.05) is 18.2 Å². The number of nitrogens with two attached hydrogens (primary N) is 1. The highest BCUT2D eigenvalue weighted by Crippen LogP contribution is 2.27. The van der Waals surface area contributed by atoms with Gasteiger partial charge in [0.2, 0.25) is 11.8 Å². The minimum atomic E-state index is -0.380. The molecular weight excluding hydrogens is 1760 g/mol. The molecule has 0 spiro atoms. The van der Waals surface area contributed by atoms with Gasteiger partial charge in [-0.2, -0.15) is 30.6 Å². The fourth-order valence-corrected chi connectivity index (χ4v) is 16.2. The van der Waals surface area contributed by atoms with Gasteiger partial charge >= 0.3 is 0 Å². The maximum absolute atomic E-state index is 11.9. The van der Waals surface area contributed by atoms with Gasteiger partial charge in [-0.3, -0.25) is 53.1 Å². The van der Waals surface area contributed by atoms with E-state index in [0.717, 1.165) is 152 Å². The SMILES string of the molecule is Cn1ncc(Cl)c(Cl)c1=O.Cn1ncc(NC2CCCCN(Cc3ccccc3)C2)c(Cl)c1=O.Cn1ncc(NC2CCCCNC2)c(Cl)c1=O.Cn1ncc(NC2CCCCNC2=O)c(Cl)c1=O.Cn1ncc(N[C@@H]2CCCCN(Cc3ccccc3)C2)c(Cl)c1=O.Cn1ncc(N[C@H]2CCCCN(Cc3ccccc3)C2)c(Cl)c1=O.NC1CCCCNC1=O. The van der Waals surface area contributed by atoms with Crippen LogP contribution in [0.5, 0.6) is 0 Å². The molecule has 0 bridgehead atoms. The average molecular weight is 1880 g/mol. The first kappa shape index (κ1) is 100. The van der Waals surface area contributed by atoms with Crippen molar-refractivity contribution in [3.63, 3.8) is 0 Å². The third-order valence-corrected chi connectivity index (χ3v) is 24.4. The molecule has 6 aliphatic rings. The Balaban J connectivity index is 0.000000170. The van der Waals surface area contributed by atoms with E-state index in [4.69, 9.17) is 86.9 Å². The van der Waals surface area contributed by atoms with Crippen LogP contribution in [0.4, 0.5) is 28.4 Å². The Morgan fingerprint density at radius 3 is 0.976 bits per heavy atom. The van der Waals surface area contributed by atoms with Crippen molar-refractivity contribution in [1.29, 1.82) is 0 Å². The molecule has 0 aliphatic carbocycles. The molecule has 6 fully saturated rings. The molecule has 10 N–H and O–H groups in total. The number of amides is 2. The number of hydrogen-bond acceptors (Lipinski definition) is 24. The van der Waals surface area contributed by atoms with Crippen LogP contribution in [0.25, 0.3) is 0 Å². The molecule has 39 heteroatoms. The van der Waals surface area contributed by atoms with E-state index in [-0.39, 0.29) is 111 Å². The predicted molar refractivity (Wildman–Crippen MR) is 504 cm³/mol. The van der Waals surface area contributed by atoms with Gasteiger partial charge in [0.15, 0.2) is 0 Å². The molecule has 9 aromatic rings. The Morgan fingerprint density at radius 2 is 0.619 bits per heavy atom. The zero-order chi connectivity index (χ0) is 90.6. The molecule has 6 aromatic heterocycles. The summed E-state index contributed by atoms with van der Waals surface area (Å²) in [5.41, 5.74) is 10.5. The fraction of sp³-hybridized carbons (Fsp3) is 0.494. The summed E-state index contributed by atoms with van der Waals surface area (Å²) in [6.45, 7) is 12.4. The molecule has 682 valence electrons. The lowest BCUT2D eigenvalue weighted by atomic mass is 10.1. The standard InChI is InChI=1S/3C18H23ClN4O.C11H15ClN4O2.C11H17ClN4O.C6H12N2O.C5H4Cl2N2O/c3*1-22-18(24)17(19)16(11-20-22)21-15-9-5-6-10-23(13-15)12-14-7-3-2-4-8-14;1-16-11(18)9(12)8(6-14-16)15-7-4-2-3-5-13-10(7)17;1-16-11(17)10(12)9(7-14-16)15-8-4-2-3-5-13-6-8;7-5-3-1-2-4-8-6(5)9;1-9-5(10)4(7)3(6)2-8-9/h3*2-4,7-8,11,15,21H,5-6,9-10,12-13H2,1H3;6-7,15H,2-5H2,1H3,(H,13,17);7-8,13,15H,2-6H2,1H3;5H,1-4,7H2,(H,8,9);2H,1H3/t2*15-;;;;;/m10...../s1. The van der Waals surface area contributed by atoms with Gasteiger partial charge < -0.3 is 48.3 Å². The van der Waals surface area contributed by atoms with Gasteiger partial charge in [-0.1, -0.05) is 198 Å². The average Bonchev–Trinajstić information content (AvgIpc) is 1.22. The Kier molecular flexibility index (Phi) is 41.7. The summed E-state index contributed by atoms with van der Waals surface area (Å²) in [4.78, 5) is 99.8. The summed E-state index contributed by atoms with van der Waals surface area (Å²) < 4.78 is 7.26. The molecular formula is C87H117Cl7N24O8. The van der Waals surface area contributed by atoms with Crippen molar-refractivity contribution < 1.29 is 9.59 Å². The van der Waals surface area contributed by atoms with E-state index in [9.17, 15) is 38.4 Å². The van der Waals surface area contributed by atoms with Gasteiger partial charge in [0.1, 0.15) is 36.2 Å². The van der Waals surface area contributed by atoms with Gasteiger partial charge in [0.25, 0.3) is 33.4 Å². The number of aryl methyl sites for hydroxylation is 6.